The van der Waals surface area contributed by atoms with Crippen LogP contribution < -0.4 is 4.74 Å². The van der Waals surface area contributed by atoms with Crippen LogP contribution >= 0.6 is 22.9 Å². The maximum absolute atomic E-state index is 10.5. The summed E-state index contributed by atoms with van der Waals surface area (Å²) in [7, 11) is 0. The van der Waals surface area contributed by atoms with Gasteiger partial charge in [0, 0.05) is 5.02 Å². The van der Waals surface area contributed by atoms with Crippen molar-refractivity contribution in [2.75, 3.05) is 0 Å². The highest BCUT2D eigenvalue weighted by molar-refractivity contribution is 7.23. The average molecular weight is 485 g/mol. The first-order valence-corrected chi connectivity index (χ1v) is 11.6. The second-order valence-electron chi connectivity index (χ2n) is 8.66. The van der Waals surface area contributed by atoms with Crippen LogP contribution in [0.25, 0.3) is 15.2 Å². The number of aliphatic hydroxyl groups is 1. The van der Waals surface area contributed by atoms with Crippen molar-refractivity contribution in [2.24, 2.45) is 5.41 Å². The minimum absolute atomic E-state index is 0.358. The van der Waals surface area contributed by atoms with E-state index in [4.69, 9.17) is 16.3 Å². The van der Waals surface area contributed by atoms with Crippen molar-refractivity contribution >= 4 is 38.1 Å². The first kappa shape index (κ1) is 23.2. The zero-order valence-corrected chi connectivity index (χ0v) is 20.3. The molecular weight excluding hydrogens is 460 g/mol. The fraction of sp³-hybridized carbons (Fsp3) is 0.304. The van der Waals surface area contributed by atoms with E-state index in [1.165, 1.54) is 33.1 Å². The molecule has 8 nitrogen and oxygen atoms in total. The van der Waals surface area contributed by atoms with Crippen LogP contribution in [-0.2, 0) is 0 Å². The molecule has 10 heteroatoms. The summed E-state index contributed by atoms with van der Waals surface area (Å²) in [5, 5.41) is 23.1. The first-order chi connectivity index (χ1) is 15.7. The van der Waals surface area contributed by atoms with Gasteiger partial charge in [-0.3, -0.25) is 4.40 Å². The van der Waals surface area contributed by atoms with Crippen molar-refractivity contribution in [1.82, 2.24) is 29.4 Å². The predicted octanol–water partition coefficient (Wildman–Crippen LogP) is 5.17. The number of nitrogens with zero attached hydrogens (tertiary/aromatic N) is 6. The molecule has 0 saturated carbocycles. The van der Waals surface area contributed by atoms with Crippen molar-refractivity contribution in [3.05, 3.63) is 72.0 Å². The second-order valence-corrected chi connectivity index (χ2v) is 10.1. The molecule has 0 spiro atoms. The molecule has 2 atom stereocenters. The van der Waals surface area contributed by atoms with E-state index >= 15 is 0 Å². The second kappa shape index (κ2) is 9.46. The van der Waals surface area contributed by atoms with Crippen molar-refractivity contribution in [3.8, 4) is 5.75 Å². The van der Waals surface area contributed by atoms with Gasteiger partial charge in [0.05, 0.1) is 10.2 Å². The smallest absolute Gasteiger partial charge is 0.219 e. The first-order valence-electron chi connectivity index (χ1n) is 10.4. The van der Waals surface area contributed by atoms with Gasteiger partial charge in [-0.2, -0.15) is 5.10 Å². The molecule has 0 amide bonds. The third-order valence-electron chi connectivity index (χ3n) is 5.08. The van der Waals surface area contributed by atoms with Crippen LogP contribution in [-0.4, -0.2) is 40.6 Å². The summed E-state index contributed by atoms with van der Waals surface area (Å²) in [6.07, 6.45) is 3.29. The molecule has 0 aliphatic rings. The van der Waals surface area contributed by atoms with Gasteiger partial charge in [0.25, 0.3) is 0 Å². The molecule has 1 N–H and O–H groups in total. The number of aryl methyl sites for hydroxylation is 1. The third kappa shape index (κ3) is 5.16. The molecule has 5 rings (SSSR count). The Morgan fingerprint density at radius 2 is 1.85 bits per heavy atom. The van der Waals surface area contributed by atoms with Crippen LogP contribution in [0.2, 0.25) is 5.02 Å². The highest BCUT2D eigenvalue weighted by Gasteiger charge is 2.34. The van der Waals surface area contributed by atoms with Gasteiger partial charge >= 0.3 is 0 Å². The van der Waals surface area contributed by atoms with Gasteiger partial charge < -0.3 is 9.84 Å². The number of para-hydroxylation sites is 1. The lowest BCUT2D eigenvalue weighted by Crippen LogP contribution is -2.38. The Morgan fingerprint density at radius 3 is 2.52 bits per heavy atom. The van der Waals surface area contributed by atoms with Gasteiger partial charge in [-0.25, -0.2) is 9.67 Å². The lowest BCUT2D eigenvalue weighted by molar-refractivity contribution is -0.0731. The molecule has 3 aromatic heterocycles. The molecule has 5 aromatic rings. The van der Waals surface area contributed by atoms with Gasteiger partial charge in [0.15, 0.2) is 0 Å². The number of hydrogen-bond donors (Lipinski definition) is 1. The molecule has 0 fully saturated rings. The summed E-state index contributed by atoms with van der Waals surface area (Å²) in [5.74, 6) is 0.609. The number of benzene rings is 2. The molecular formula is C23H25ClN6O2S. The van der Waals surface area contributed by atoms with Gasteiger partial charge in [-0.1, -0.05) is 55.8 Å². The van der Waals surface area contributed by atoms with Gasteiger partial charge in [0.2, 0.25) is 11.2 Å². The Hall–Kier alpha value is -3.01. The monoisotopic (exact) mass is 484 g/mol. The molecule has 0 radical (unpaired) electrons. The Balaban J connectivity index is 0.000000170. The largest absolute Gasteiger partial charge is 0.466 e. The van der Waals surface area contributed by atoms with Crippen molar-refractivity contribution in [2.45, 2.75) is 40.0 Å². The zero-order valence-electron chi connectivity index (χ0n) is 18.8. The van der Waals surface area contributed by atoms with E-state index < -0.39 is 12.3 Å². The molecule has 3 heterocycles. The van der Waals surface area contributed by atoms with E-state index in [2.05, 4.69) is 45.4 Å². The molecule has 33 heavy (non-hydrogen) atoms. The number of aromatic nitrogens is 6. The number of fused-ring (bicyclic) bond motifs is 3. The van der Waals surface area contributed by atoms with Gasteiger partial charge in [-0.15, -0.1) is 10.2 Å². The third-order valence-corrected chi connectivity index (χ3v) is 6.35. The van der Waals surface area contributed by atoms with E-state index in [1.54, 1.807) is 41.9 Å². The Kier molecular flexibility index (Phi) is 6.64. The van der Waals surface area contributed by atoms with Gasteiger partial charge in [0.1, 0.15) is 30.8 Å². The number of halogens is 1. The standard InChI is InChI=1S/C14H18ClN3O2.C9H7N3S/c1-14(2,3)12(19)13(18-9-16-8-17-18)20-11-6-4-10(15)5-7-11;1-6-3-2-4-7-8(6)12-5-10-11-9(12)13-7/h4-9,12-13,19H,1-3H3;2-5H,1H3. The molecule has 0 aliphatic carbocycles. The van der Waals surface area contributed by atoms with E-state index in [0.717, 1.165) is 4.96 Å². The molecule has 2 aromatic carbocycles. The topological polar surface area (TPSA) is 90.4 Å². The predicted molar refractivity (Wildman–Crippen MR) is 130 cm³/mol. The molecule has 0 aliphatic heterocycles. The molecule has 0 saturated heterocycles. The SMILES string of the molecule is CC(C)(C)C(O)C(Oc1ccc(Cl)cc1)n1cncn1.Cc1cccc2sc3nncn3c12. The van der Waals surface area contributed by atoms with Crippen molar-refractivity contribution < 1.29 is 9.84 Å². The number of aliphatic hydroxyl groups excluding tert-OH is 1. The summed E-state index contributed by atoms with van der Waals surface area (Å²) in [5.41, 5.74) is 2.14. The molecule has 0 bridgehead atoms. The summed E-state index contributed by atoms with van der Waals surface area (Å²) < 4.78 is 10.7. The zero-order chi connectivity index (χ0) is 23.6. The lowest BCUT2D eigenvalue weighted by atomic mass is 9.88. The van der Waals surface area contributed by atoms with E-state index in [-0.39, 0.29) is 5.41 Å². The Bertz CT molecular complexity index is 1330. The van der Waals surface area contributed by atoms with E-state index in [1.807, 2.05) is 25.2 Å². The van der Waals surface area contributed by atoms with Crippen LogP contribution in [0.5, 0.6) is 5.75 Å². The minimum Gasteiger partial charge on any atom is -0.466 e. The fourth-order valence-electron chi connectivity index (χ4n) is 3.26. The van der Waals surface area contributed by atoms with Crippen molar-refractivity contribution in [3.63, 3.8) is 0 Å². The van der Waals surface area contributed by atoms with Crippen molar-refractivity contribution in [1.29, 1.82) is 0 Å². The minimum atomic E-state index is -0.750. The van der Waals surface area contributed by atoms with Crippen LogP contribution in [0.3, 0.4) is 0 Å². The lowest BCUT2D eigenvalue weighted by Gasteiger charge is -2.32. The Labute approximate surface area is 200 Å². The van der Waals surface area contributed by atoms with Crippen LogP contribution in [0.4, 0.5) is 0 Å². The van der Waals surface area contributed by atoms with E-state index in [9.17, 15) is 5.11 Å². The number of thiazole rings is 1. The summed E-state index contributed by atoms with van der Waals surface area (Å²) in [6.45, 7) is 7.92. The molecule has 2 unspecified atom stereocenters. The van der Waals surface area contributed by atoms with Crippen LogP contribution in [0.1, 0.15) is 32.6 Å². The fourth-order valence-corrected chi connectivity index (χ4v) is 4.41. The number of rotatable bonds is 4. The normalized spacial score (nSPS) is 13.5. The molecule has 172 valence electrons. The quantitative estimate of drug-likeness (QED) is 0.378. The number of ether oxygens (including phenoxy) is 1. The highest BCUT2D eigenvalue weighted by atomic mass is 35.5. The van der Waals surface area contributed by atoms with Crippen LogP contribution in [0, 0.1) is 12.3 Å². The van der Waals surface area contributed by atoms with Crippen LogP contribution in [0.15, 0.2) is 61.4 Å². The number of hydrogen-bond acceptors (Lipinski definition) is 7. The Morgan fingerprint density at radius 1 is 1.09 bits per heavy atom. The summed E-state index contributed by atoms with van der Waals surface area (Å²) in [4.78, 5) is 4.87. The maximum Gasteiger partial charge on any atom is 0.219 e. The average Bonchev–Trinajstić information content (AvgIpc) is 3.50. The highest BCUT2D eigenvalue weighted by Crippen LogP contribution is 2.30. The maximum atomic E-state index is 10.5. The summed E-state index contributed by atoms with van der Waals surface area (Å²) in [6, 6.07) is 13.3. The van der Waals surface area contributed by atoms with Gasteiger partial charge in [-0.05, 0) is 48.2 Å². The van der Waals surface area contributed by atoms with E-state index in [0.29, 0.717) is 10.8 Å². The summed E-state index contributed by atoms with van der Waals surface area (Å²) >= 11 is 7.52.